The summed E-state index contributed by atoms with van der Waals surface area (Å²) >= 11 is 0. The van der Waals surface area contributed by atoms with Crippen molar-refractivity contribution >= 4 is 0 Å². The van der Waals surface area contributed by atoms with Crippen LogP contribution in [0.25, 0.3) is 0 Å². The molecule has 4 nitrogen and oxygen atoms in total. The first-order valence-corrected chi connectivity index (χ1v) is 6.72. The Hall–Kier alpha value is -1.68. The van der Waals surface area contributed by atoms with Crippen molar-refractivity contribution in [3.05, 3.63) is 48.0 Å². The first-order chi connectivity index (χ1) is 9.08. The van der Waals surface area contributed by atoms with Crippen LogP contribution in [0.15, 0.2) is 36.8 Å². The molecule has 0 saturated carbocycles. The van der Waals surface area contributed by atoms with Gasteiger partial charge in [0.1, 0.15) is 0 Å². The summed E-state index contributed by atoms with van der Waals surface area (Å²) in [6, 6.07) is 6.75. The molecule has 0 aliphatic carbocycles. The van der Waals surface area contributed by atoms with E-state index in [1.807, 2.05) is 29.2 Å². The largest absolute Gasteiger partial charge is 0.294 e. The smallest absolute Gasteiger partial charge is 0.0572 e. The summed E-state index contributed by atoms with van der Waals surface area (Å²) in [4.78, 5) is 6.69. The number of hydrogen-bond acceptors (Lipinski definition) is 3. The van der Waals surface area contributed by atoms with Gasteiger partial charge >= 0.3 is 0 Å². The summed E-state index contributed by atoms with van der Waals surface area (Å²) in [5.41, 5.74) is 2.33. The van der Waals surface area contributed by atoms with E-state index in [-0.39, 0.29) is 0 Å². The quantitative estimate of drug-likeness (QED) is 0.826. The molecule has 0 amide bonds. The maximum Gasteiger partial charge on any atom is 0.0572 e. The van der Waals surface area contributed by atoms with Crippen molar-refractivity contribution in [2.24, 2.45) is 0 Å². The maximum absolute atomic E-state index is 4.41. The molecule has 2 rings (SSSR count). The molecule has 0 aliphatic heterocycles. The molecular formula is C15H22N4. The van der Waals surface area contributed by atoms with E-state index in [1.165, 1.54) is 5.56 Å². The van der Waals surface area contributed by atoms with Crippen molar-refractivity contribution in [3.8, 4) is 0 Å². The van der Waals surface area contributed by atoms with Crippen LogP contribution in [0.3, 0.4) is 0 Å². The SMILES string of the molecule is CC(C)n1cc(CN(C)[C@H](C)c2ccccn2)cn1. The molecule has 1 atom stereocenters. The van der Waals surface area contributed by atoms with Gasteiger partial charge in [-0.2, -0.15) is 5.10 Å². The van der Waals surface area contributed by atoms with Gasteiger partial charge in [-0.3, -0.25) is 14.6 Å². The summed E-state index contributed by atoms with van der Waals surface area (Å²) in [6.45, 7) is 7.33. The molecule has 2 aromatic rings. The van der Waals surface area contributed by atoms with Gasteiger partial charge in [-0.1, -0.05) is 6.07 Å². The van der Waals surface area contributed by atoms with Crippen LogP contribution >= 0.6 is 0 Å². The zero-order chi connectivity index (χ0) is 13.8. The van der Waals surface area contributed by atoms with Gasteiger partial charge in [0.25, 0.3) is 0 Å². The molecule has 4 heteroatoms. The molecule has 19 heavy (non-hydrogen) atoms. The van der Waals surface area contributed by atoms with E-state index in [1.54, 1.807) is 0 Å². The lowest BCUT2D eigenvalue weighted by Crippen LogP contribution is -2.22. The van der Waals surface area contributed by atoms with Crippen LogP contribution in [0.5, 0.6) is 0 Å². The topological polar surface area (TPSA) is 34.0 Å². The van der Waals surface area contributed by atoms with E-state index in [4.69, 9.17) is 0 Å². The molecule has 102 valence electrons. The van der Waals surface area contributed by atoms with Crippen LogP contribution in [0.2, 0.25) is 0 Å². The second-order valence-electron chi connectivity index (χ2n) is 5.27. The molecule has 0 saturated heterocycles. The highest BCUT2D eigenvalue weighted by molar-refractivity contribution is 5.10. The number of rotatable bonds is 5. The van der Waals surface area contributed by atoms with E-state index in [0.29, 0.717) is 12.1 Å². The molecule has 0 unspecified atom stereocenters. The molecule has 0 fully saturated rings. The molecule has 0 aromatic carbocycles. The first kappa shape index (κ1) is 13.7. The lowest BCUT2D eigenvalue weighted by molar-refractivity contribution is 0.248. The standard InChI is InChI=1S/C15H22N4/c1-12(2)19-11-14(9-17-19)10-18(4)13(3)15-7-5-6-8-16-15/h5-9,11-13H,10H2,1-4H3/t13-/m1/s1. The normalized spacial score (nSPS) is 13.2. The molecule has 2 heterocycles. The minimum Gasteiger partial charge on any atom is -0.294 e. The maximum atomic E-state index is 4.41. The number of aromatic nitrogens is 3. The lowest BCUT2D eigenvalue weighted by atomic mass is 10.2. The summed E-state index contributed by atoms with van der Waals surface area (Å²) < 4.78 is 1.99. The predicted molar refractivity (Wildman–Crippen MR) is 76.7 cm³/mol. The fraction of sp³-hybridized carbons (Fsp3) is 0.467. The molecule has 0 radical (unpaired) electrons. The van der Waals surface area contributed by atoms with Crippen molar-refractivity contribution in [1.82, 2.24) is 19.7 Å². The van der Waals surface area contributed by atoms with Crippen molar-refractivity contribution in [2.45, 2.75) is 39.4 Å². The van der Waals surface area contributed by atoms with Gasteiger partial charge in [-0.25, -0.2) is 0 Å². The van der Waals surface area contributed by atoms with Gasteiger partial charge in [0.05, 0.1) is 11.9 Å². The lowest BCUT2D eigenvalue weighted by Gasteiger charge is -2.23. The monoisotopic (exact) mass is 258 g/mol. The van der Waals surface area contributed by atoms with Crippen molar-refractivity contribution in [3.63, 3.8) is 0 Å². The summed E-state index contributed by atoms with van der Waals surface area (Å²) in [6.07, 6.45) is 5.91. The van der Waals surface area contributed by atoms with Gasteiger partial charge < -0.3 is 0 Å². The summed E-state index contributed by atoms with van der Waals surface area (Å²) in [5.74, 6) is 0. The highest BCUT2D eigenvalue weighted by Gasteiger charge is 2.13. The Morgan fingerprint density at radius 1 is 1.26 bits per heavy atom. The molecule has 0 aliphatic rings. The minimum atomic E-state index is 0.295. The number of pyridine rings is 1. The highest BCUT2D eigenvalue weighted by Crippen LogP contribution is 2.18. The van der Waals surface area contributed by atoms with Crippen LogP contribution in [-0.2, 0) is 6.54 Å². The van der Waals surface area contributed by atoms with Crippen LogP contribution in [0.1, 0.15) is 44.1 Å². The van der Waals surface area contributed by atoms with Gasteiger partial charge in [-0.05, 0) is 40.0 Å². The molecular weight excluding hydrogens is 236 g/mol. The third-order valence-electron chi connectivity index (χ3n) is 3.39. The van der Waals surface area contributed by atoms with Gasteiger partial charge in [-0.15, -0.1) is 0 Å². The molecule has 0 spiro atoms. The van der Waals surface area contributed by atoms with Crippen LogP contribution in [0, 0.1) is 0 Å². The van der Waals surface area contributed by atoms with Crippen molar-refractivity contribution in [1.29, 1.82) is 0 Å². The fourth-order valence-electron chi connectivity index (χ4n) is 2.02. The number of hydrogen-bond donors (Lipinski definition) is 0. The second-order valence-corrected chi connectivity index (χ2v) is 5.27. The van der Waals surface area contributed by atoms with Gasteiger partial charge in [0.2, 0.25) is 0 Å². The van der Waals surface area contributed by atoms with Crippen molar-refractivity contribution in [2.75, 3.05) is 7.05 Å². The zero-order valence-corrected chi connectivity index (χ0v) is 12.1. The van der Waals surface area contributed by atoms with Gasteiger partial charge in [0, 0.05) is 36.6 Å². The second kappa shape index (κ2) is 5.97. The summed E-state index contributed by atoms with van der Waals surface area (Å²) in [5, 5.41) is 4.38. The van der Waals surface area contributed by atoms with Crippen LogP contribution in [-0.4, -0.2) is 26.7 Å². The molecule has 0 N–H and O–H groups in total. The summed E-state index contributed by atoms with van der Waals surface area (Å²) in [7, 11) is 2.12. The Morgan fingerprint density at radius 2 is 2.05 bits per heavy atom. The van der Waals surface area contributed by atoms with E-state index >= 15 is 0 Å². The minimum absolute atomic E-state index is 0.295. The zero-order valence-electron chi connectivity index (χ0n) is 12.1. The first-order valence-electron chi connectivity index (χ1n) is 6.72. The number of nitrogens with zero attached hydrogens (tertiary/aromatic N) is 4. The predicted octanol–water partition coefficient (Wildman–Crippen LogP) is 3.05. The van der Waals surface area contributed by atoms with Crippen molar-refractivity contribution < 1.29 is 0 Å². The van der Waals surface area contributed by atoms with E-state index in [2.05, 4.69) is 55.1 Å². The Bertz CT molecular complexity index is 504. The Labute approximate surface area is 115 Å². The van der Waals surface area contributed by atoms with Gasteiger partial charge in [0.15, 0.2) is 0 Å². The fourth-order valence-corrected chi connectivity index (χ4v) is 2.02. The Balaban J connectivity index is 2.02. The van der Waals surface area contributed by atoms with Crippen LogP contribution in [0.4, 0.5) is 0 Å². The third kappa shape index (κ3) is 3.41. The average molecular weight is 258 g/mol. The van der Waals surface area contributed by atoms with Crippen LogP contribution < -0.4 is 0 Å². The highest BCUT2D eigenvalue weighted by atomic mass is 15.3. The average Bonchev–Trinajstić information content (AvgIpc) is 2.87. The van der Waals surface area contributed by atoms with E-state index < -0.39 is 0 Å². The van der Waals surface area contributed by atoms with E-state index in [0.717, 1.165) is 12.2 Å². The van der Waals surface area contributed by atoms with E-state index in [9.17, 15) is 0 Å². The molecule has 2 aromatic heterocycles. The third-order valence-corrected chi connectivity index (χ3v) is 3.39. The Morgan fingerprint density at radius 3 is 2.63 bits per heavy atom. The Kier molecular flexibility index (Phi) is 4.32. The molecule has 0 bridgehead atoms.